The molecule has 29 heavy (non-hydrogen) atoms. The summed E-state index contributed by atoms with van der Waals surface area (Å²) in [5, 5.41) is 4.17. The van der Waals surface area contributed by atoms with Crippen molar-refractivity contribution in [3.05, 3.63) is 60.2 Å². The van der Waals surface area contributed by atoms with Crippen molar-refractivity contribution in [3.63, 3.8) is 0 Å². The molecule has 0 radical (unpaired) electrons. The first-order valence-corrected chi connectivity index (χ1v) is 11.7. The van der Waals surface area contributed by atoms with Crippen molar-refractivity contribution in [1.82, 2.24) is 14.9 Å². The topological polar surface area (TPSA) is 46.9 Å². The Kier molecular flexibility index (Phi) is 6.88. The van der Waals surface area contributed by atoms with Gasteiger partial charge in [-0.25, -0.2) is 4.98 Å². The number of hydrogen-bond donors (Lipinski definition) is 1. The van der Waals surface area contributed by atoms with E-state index in [0.717, 1.165) is 42.0 Å². The van der Waals surface area contributed by atoms with Gasteiger partial charge in [-0.05, 0) is 37.0 Å². The second kappa shape index (κ2) is 9.97. The molecule has 0 bridgehead atoms. The molecular weight excluding hydrogens is 378 g/mol. The number of para-hydroxylation sites is 2. The Bertz CT molecular complexity index is 930. The summed E-state index contributed by atoms with van der Waals surface area (Å²) in [6, 6.07) is 19.1. The maximum absolute atomic E-state index is 12.5. The second-order valence-corrected chi connectivity index (χ2v) is 8.76. The minimum absolute atomic E-state index is 0.128. The summed E-state index contributed by atoms with van der Waals surface area (Å²) < 4.78 is 2.26. The molecule has 0 atom stereocenters. The van der Waals surface area contributed by atoms with E-state index in [9.17, 15) is 4.79 Å². The summed E-state index contributed by atoms with van der Waals surface area (Å²) in [4.78, 5) is 17.3. The van der Waals surface area contributed by atoms with E-state index in [-0.39, 0.29) is 5.91 Å². The molecule has 1 aromatic heterocycles. The van der Waals surface area contributed by atoms with Crippen molar-refractivity contribution in [2.24, 2.45) is 0 Å². The molecule has 0 spiro atoms. The van der Waals surface area contributed by atoms with Crippen molar-refractivity contribution >= 4 is 28.7 Å². The maximum atomic E-state index is 12.5. The number of amides is 1. The van der Waals surface area contributed by atoms with E-state index in [1.807, 2.05) is 18.2 Å². The quantitative estimate of drug-likeness (QED) is 0.432. The largest absolute Gasteiger partial charge is 0.353 e. The summed E-state index contributed by atoms with van der Waals surface area (Å²) >= 11 is 1.55. The Hall–Kier alpha value is -2.27. The van der Waals surface area contributed by atoms with Gasteiger partial charge in [0.25, 0.3) is 0 Å². The molecule has 1 heterocycles. The fourth-order valence-electron chi connectivity index (χ4n) is 4.09. The molecule has 1 aliphatic carbocycles. The number of aryl methyl sites for hydroxylation is 2. The van der Waals surface area contributed by atoms with Crippen molar-refractivity contribution < 1.29 is 4.79 Å². The normalized spacial score (nSPS) is 15.3. The van der Waals surface area contributed by atoms with Crippen LogP contribution in [0.3, 0.4) is 0 Å². The average molecular weight is 408 g/mol. The van der Waals surface area contributed by atoms with E-state index >= 15 is 0 Å². The van der Waals surface area contributed by atoms with Gasteiger partial charge in [-0.2, -0.15) is 0 Å². The van der Waals surface area contributed by atoms with E-state index < -0.39 is 0 Å². The highest BCUT2D eigenvalue weighted by molar-refractivity contribution is 7.99. The Balaban J connectivity index is 1.42. The maximum Gasteiger partial charge on any atom is 0.230 e. The monoisotopic (exact) mass is 407 g/mol. The van der Waals surface area contributed by atoms with E-state index in [1.54, 1.807) is 11.8 Å². The molecule has 4 rings (SSSR count). The van der Waals surface area contributed by atoms with Crippen LogP contribution in [-0.4, -0.2) is 27.3 Å². The number of rotatable bonds is 7. The van der Waals surface area contributed by atoms with Crippen LogP contribution in [0, 0.1) is 0 Å². The molecule has 0 aliphatic heterocycles. The van der Waals surface area contributed by atoms with Gasteiger partial charge in [-0.3, -0.25) is 4.79 Å². The highest BCUT2D eigenvalue weighted by atomic mass is 32.2. The van der Waals surface area contributed by atoms with E-state index in [0.29, 0.717) is 11.8 Å². The number of imidazole rings is 1. The number of benzene rings is 2. The Morgan fingerprint density at radius 1 is 1.00 bits per heavy atom. The summed E-state index contributed by atoms with van der Waals surface area (Å²) in [6.07, 6.45) is 8.24. The number of carbonyl (C=O) groups excluding carboxylic acids is 1. The summed E-state index contributed by atoms with van der Waals surface area (Å²) in [5.41, 5.74) is 3.44. The molecule has 152 valence electrons. The van der Waals surface area contributed by atoms with Crippen LogP contribution in [0.1, 0.15) is 44.1 Å². The van der Waals surface area contributed by atoms with Gasteiger partial charge in [0.15, 0.2) is 5.16 Å². The van der Waals surface area contributed by atoms with Crippen LogP contribution in [0.5, 0.6) is 0 Å². The molecule has 4 nitrogen and oxygen atoms in total. The van der Waals surface area contributed by atoms with Crippen molar-refractivity contribution in [3.8, 4) is 0 Å². The van der Waals surface area contributed by atoms with Gasteiger partial charge in [0.2, 0.25) is 5.91 Å². The lowest BCUT2D eigenvalue weighted by molar-refractivity contribution is -0.119. The third-order valence-corrected chi connectivity index (χ3v) is 6.62. The highest BCUT2D eigenvalue weighted by Gasteiger charge is 2.17. The lowest BCUT2D eigenvalue weighted by Gasteiger charge is -2.16. The van der Waals surface area contributed by atoms with Crippen molar-refractivity contribution in [2.45, 2.75) is 62.7 Å². The smallest absolute Gasteiger partial charge is 0.230 e. The highest BCUT2D eigenvalue weighted by Crippen LogP contribution is 2.25. The van der Waals surface area contributed by atoms with Gasteiger partial charge < -0.3 is 9.88 Å². The molecule has 0 unspecified atom stereocenters. The molecule has 1 aliphatic rings. The van der Waals surface area contributed by atoms with Crippen LogP contribution < -0.4 is 5.32 Å². The van der Waals surface area contributed by atoms with Crippen LogP contribution in [0.15, 0.2) is 59.8 Å². The number of carbonyl (C=O) groups is 1. The lowest BCUT2D eigenvalue weighted by atomic mass is 10.1. The van der Waals surface area contributed by atoms with Gasteiger partial charge >= 0.3 is 0 Å². The molecule has 1 saturated carbocycles. The third-order valence-electron chi connectivity index (χ3n) is 5.64. The number of fused-ring (bicyclic) bond motifs is 1. The molecule has 1 amide bonds. The Labute approximate surface area is 177 Å². The van der Waals surface area contributed by atoms with Crippen LogP contribution in [-0.2, 0) is 17.8 Å². The molecule has 2 aromatic carbocycles. The summed E-state index contributed by atoms with van der Waals surface area (Å²) in [7, 11) is 0. The van der Waals surface area contributed by atoms with Crippen molar-refractivity contribution in [1.29, 1.82) is 0 Å². The molecule has 1 fully saturated rings. The second-order valence-electron chi connectivity index (χ2n) is 7.82. The minimum Gasteiger partial charge on any atom is -0.353 e. The third kappa shape index (κ3) is 5.41. The van der Waals surface area contributed by atoms with Crippen molar-refractivity contribution in [2.75, 3.05) is 5.75 Å². The van der Waals surface area contributed by atoms with Crippen LogP contribution in [0.4, 0.5) is 0 Å². The zero-order valence-corrected chi connectivity index (χ0v) is 17.7. The SMILES string of the molecule is O=C(CSc1nc2ccccc2n1CCc1ccccc1)NC1CCCCCC1. The van der Waals surface area contributed by atoms with Gasteiger partial charge in [0.1, 0.15) is 0 Å². The van der Waals surface area contributed by atoms with Gasteiger partial charge in [-0.15, -0.1) is 0 Å². The fourth-order valence-corrected chi connectivity index (χ4v) is 4.94. The zero-order chi connectivity index (χ0) is 19.9. The van der Waals surface area contributed by atoms with Gasteiger partial charge in [0, 0.05) is 12.6 Å². The number of aromatic nitrogens is 2. The minimum atomic E-state index is 0.128. The predicted octanol–water partition coefficient (Wildman–Crippen LogP) is 5.21. The summed E-state index contributed by atoms with van der Waals surface area (Å²) in [5.74, 6) is 0.550. The molecule has 5 heteroatoms. The average Bonchev–Trinajstić information content (AvgIpc) is 2.90. The first-order valence-electron chi connectivity index (χ1n) is 10.7. The van der Waals surface area contributed by atoms with E-state index in [2.05, 4.69) is 46.3 Å². The summed E-state index contributed by atoms with van der Waals surface area (Å²) in [6.45, 7) is 0.858. The fraction of sp³-hybridized carbons (Fsp3) is 0.417. The van der Waals surface area contributed by atoms with Crippen LogP contribution >= 0.6 is 11.8 Å². The first-order chi connectivity index (χ1) is 14.3. The molecule has 1 N–H and O–H groups in total. The van der Waals surface area contributed by atoms with E-state index in [1.165, 1.54) is 31.2 Å². The number of nitrogens with zero attached hydrogens (tertiary/aromatic N) is 2. The standard InChI is InChI=1S/C24H29N3OS/c28-23(25-20-12-6-1-2-7-13-20)18-29-24-26-21-14-8-9-15-22(21)27(24)17-16-19-10-4-3-5-11-19/h3-5,8-11,14-15,20H,1-2,6-7,12-13,16-18H2,(H,25,28). The molecular formula is C24H29N3OS. The Morgan fingerprint density at radius 3 is 2.52 bits per heavy atom. The van der Waals surface area contributed by atoms with Gasteiger partial charge in [-0.1, -0.05) is 79.9 Å². The molecule has 3 aromatic rings. The van der Waals surface area contributed by atoms with E-state index in [4.69, 9.17) is 4.98 Å². The van der Waals surface area contributed by atoms with Crippen LogP contribution in [0.25, 0.3) is 11.0 Å². The van der Waals surface area contributed by atoms with Gasteiger partial charge in [0.05, 0.1) is 16.8 Å². The number of thioether (sulfide) groups is 1. The first kappa shape index (κ1) is 20.0. The zero-order valence-electron chi connectivity index (χ0n) is 16.8. The lowest BCUT2D eigenvalue weighted by Crippen LogP contribution is -2.35. The molecule has 0 saturated heterocycles. The number of nitrogens with one attached hydrogen (secondary N) is 1. The Morgan fingerprint density at radius 2 is 1.72 bits per heavy atom. The van der Waals surface area contributed by atoms with Crippen LogP contribution in [0.2, 0.25) is 0 Å². The number of hydrogen-bond acceptors (Lipinski definition) is 3. The predicted molar refractivity (Wildman–Crippen MR) is 120 cm³/mol.